The van der Waals surface area contributed by atoms with Gasteiger partial charge in [-0.1, -0.05) is 48.5 Å². The Morgan fingerprint density at radius 1 is 0.767 bits per heavy atom. The molecule has 5 aliphatic rings. The Labute approximate surface area is 253 Å². The van der Waals surface area contributed by atoms with Crippen LogP contribution >= 0.6 is 22.7 Å². The van der Waals surface area contributed by atoms with Gasteiger partial charge in [0.05, 0.1) is 15.7 Å². The van der Waals surface area contributed by atoms with Crippen molar-refractivity contribution in [3.8, 4) is 0 Å². The molecule has 7 heteroatoms. The molecule has 4 aromatic heterocycles. The zero-order valence-corrected chi connectivity index (χ0v) is 24.7. The molecule has 43 heavy (non-hydrogen) atoms. The molecule has 4 bridgehead atoms. The molecular formula is C36H25NO4S2. The average Bonchev–Trinajstić information content (AvgIpc) is 3.66. The molecule has 1 spiro atoms. The van der Waals surface area contributed by atoms with Crippen molar-refractivity contribution in [2.24, 2.45) is 23.7 Å². The smallest absolute Gasteiger partial charge is 0.348 e. The molecule has 1 saturated heterocycles. The van der Waals surface area contributed by atoms with E-state index in [0.717, 1.165) is 35.3 Å². The summed E-state index contributed by atoms with van der Waals surface area (Å²) in [6.07, 6.45) is 6.96. The molecule has 4 saturated carbocycles. The van der Waals surface area contributed by atoms with Crippen molar-refractivity contribution in [3.63, 3.8) is 0 Å². The van der Waals surface area contributed by atoms with Gasteiger partial charge in [0.15, 0.2) is 0 Å². The molecule has 1 aliphatic heterocycles. The standard InChI is InChI=1S/C36H25NO4S2/c38-34-26(35(39)41-36(40-34)20-11-17-10-18(13-20)14-21(36)12-17)15-22-16-28-32(42-22)30-25-6-3-4-19-8-9-24-23-5-1-2-7-27(23)37(33(30)43-28)31(24)29(19)25/h1-9,15-18,20-21H,10-14H2. The Morgan fingerprint density at radius 3 is 2.30 bits per heavy atom. The summed E-state index contributed by atoms with van der Waals surface area (Å²) in [7, 11) is 0. The van der Waals surface area contributed by atoms with Gasteiger partial charge in [0.25, 0.3) is 5.79 Å². The first-order valence-electron chi connectivity index (χ1n) is 15.3. The molecule has 3 aromatic carbocycles. The summed E-state index contributed by atoms with van der Waals surface area (Å²) in [6, 6.07) is 21.8. The predicted octanol–water partition coefficient (Wildman–Crippen LogP) is 8.90. The topological polar surface area (TPSA) is 57.0 Å². The summed E-state index contributed by atoms with van der Waals surface area (Å²) in [6.45, 7) is 0. The Bertz CT molecular complexity index is 2370. The van der Waals surface area contributed by atoms with Crippen molar-refractivity contribution >= 4 is 98.3 Å². The molecule has 0 atom stereocenters. The number of benzene rings is 3. The van der Waals surface area contributed by atoms with Crippen molar-refractivity contribution in [2.75, 3.05) is 0 Å². The minimum atomic E-state index is -1.05. The van der Waals surface area contributed by atoms with Crippen molar-refractivity contribution in [2.45, 2.75) is 37.9 Å². The maximum Gasteiger partial charge on any atom is 0.348 e. The van der Waals surface area contributed by atoms with Crippen LogP contribution in [-0.4, -0.2) is 22.1 Å². The summed E-state index contributed by atoms with van der Waals surface area (Å²) >= 11 is 3.40. The van der Waals surface area contributed by atoms with Crippen molar-refractivity contribution in [1.82, 2.24) is 4.40 Å². The number of fused-ring (bicyclic) bond motifs is 8. The van der Waals surface area contributed by atoms with Crippen LogP contribution in [-0.2, 0) is 19.1 Å². The number of para-hydroxylation sites is 1. The Morgan fingerprint density at radius 2 is 1.51 bits per heavy atom. The Kier molecular flexibility index (Phi) is 4.24. The molecule has 5 fully saturated rings. The normalized spacial score (nSPS) is 28.5. The first-order chi connectivity index (χ1) is 21.1. The van der Waals surface area contributed by atoms with Crippen LogP contribution in [0.1, 0.15) is 37.0 Å². The van der Waals surface area contributed by atoms with Gasteiger partial charge in [0.2, 0.25) is 0 Å². The number of aromatic nitrogens is 1. The summed E-state index contributed by atoms with van der Waals surface area (Å²) in [5.74, 6) is -0.455. The number of ether oxygens (including phenoxy) is 2. The molecule has 5 nitrogen and oxygen atoms in total. The number of hydrogen-bond donors (Lipinski definition) is 0. The van der Waals surface area contributed by atoms with E-state index in [0.29, 0.717) is 11.8 Å². The van der Waals surface area contributed by atoms with Gasteiger partial charge in [-0.2, -0.15) is 0 Å². The van der Waals surface area contributed by atoms with Crippen LogP contribution in [0.25, 0.3) is 63.7 Å². The second-order valence-electron chi connectivity index (χ2n) is 13.2. The highest BCUT2D eigenvalue weighted by molar-refractivity contribution is 7.33. The number of rotatable bonds is 1. The lowest BCUT2D eigenvalue weighted by Crippen LogP contribution is -2.63. The molecule has 12 rings (SSSR count). The van der Waals surface area contributed by atoms with Gasteiger partial charge < -0.3 is 9.47 Å². The molecule has 0 N–H and O–H groups in total. The minimum Gasteiger partial charge on any atom is -0.418 e. The van der Waals surface area contributed by atoms with E-state index in [4.69, 9.17) is 9.47 Å². The number of carbonyl (C=O) groups excluding carboxylic acids is 2. The molecule has 4 aliphatic carbocycles. The predicted molar refractivity (Wildman–Crippen MR) is 172 cm³/mol. The quantitative estimate of drug-likeness (QED) is 0.107. The fourth-order valence-corrected chi connectivity index (χ4v) is 12.2. The molecule has 7 aromatic rings. The number of hydrogen-bond acceptors (Lipinski definition) is 6. The zero-order valence-electron chi connectivity index (χ0n) is 23.1. The number of thiophene rings is 2. The third-order valence-corrected chi connectivity index (χ3v) is 13.4. The highest BCUT2D eigenvalue weighted by atomic mass is 32.1. The second kappa shape index (κ2) is 7.76. The minimum absolute atomic E-state index is 0.00719. The number of nitrogens with zero attached hydrogens (tertiary/aromatic N) is 1. The SMILES string of the molecule is O=C1OC2(OC(=O)C1=Cc1cc3sc4c(c5cccc6ccc7c8ccccc8n4c7c65)c3s1)C1CC3CC(C1)CC2C3. The van der Waals surface area contributed by atoms with E-state index in [1.165, 1.54) is 59.3 Å². The monoisotopic (exact) mass is 599 g/mol. The first-order valence-corrected chi connectivity index (χ1v) is 16.9. The van der Waals surface area contributed by atoms with Crippen LogP contribution in [0.15, 0.2) is 66.2 Å². The van der Waals surface area contributed by atoms with Crippen LogP contribution in [0.2, 0.25) is 0 Å². The summed E-state index contributed by atoms with van der Waals surface area (Å²) in [5, 5.41) is 7.50. The van der Waals surface area contributed by atoms with Gasteiger partial charge in [-0.25, -0.2) is 9.59 Å². The van der Waals surface area contributed by atoms with Gasteiger partial charge in [-0.05, 0) is 72.9 Å². The van der Waals surface area contributed by atoms with E-state index >= 15 is 0 Å². The lowest BCUT2D eigenvalue weighted by Gasteiger charge is -2.59. The maximum atomic E-state index is 13.5. The van der Waals surface area contributed by atoms with E-state index < -0.39 is 17.7 Å². The van der Waals surface area contributed by atoms with Crippen molar-refractivity contribution < 1.29 is 19.1 Å². The van der Waals surface area contributed by atoms with E-state index in [9.17, 15) is 9.59 Å². The largest absolute Gasteiger partial charge is 0.418 e. The van der Waals surface area contributed by atoms with Crippen LogP contribution in [0.5, 0.6) is 0 Å². The maximum absolute atomic E-state index is 13.5. The van der Waals surface area contributed by atoms with Crippen molar-refractivity contribution in [1.29, 1.82) is 0 Å². The van der Waals surface area contributed by atoms with Crippen LogP contribution in [0.3, 0.4) is 0 Å². The molecule has 210 valence electrons. The number of pyridine rings is 1. The van der Waals surface area contributed by atoms with E-state index in [1.54, 1.807) is 28.7 Å². The van der Waals surface area contributed by atoms with Gasteiger partial charge in [-0.15, -0.1) is 22.7 Å². The third kappa shape index (κ3) is 2.84. The molecule has 0 unspecified atom stereocenters. The van der Waals surface area contributed by atoms with Crippen LogP contribution in [0, 0.1) is 23.7 Å². The lowest BCUT2D eigenvalue weighted by atomic mass is 9.53. The van der Waals surface area contributed by atoms with Gasteiger partial charge in [-0.3, -0.25) is 4.40 Å². The zero-order chi connectivity index (χ0) is 28.2. The van der Waals surface area contributed by atoms with Gasteiger partial charge in [0, 0.05) is 43.0 Å². The van der Waals surface area contributed by atoms with Crippen LogP contribution in [0.4, 0.5) is 0 Å². The van der Waals surface area contributed by atoms with Crippen LogP contribution < -0.4 is 0 Å². The molecule has 0 radical (unpaired) electrons. The molecule has 5 heterocycles. The first kappa shape index (κ1) is 23.5. The van der Waals surface area contributed by atoms with Gasteiger partial charge >= 0.3 is 11.9 Å². The molecule has 0 amide bonds. The molecular weight excluding hydrogens is 575 g/mol. The fraction of sp³-hybridized carbons (Fsp3) is 0.278. The van der Waals surface area contributed by atoms with Gasteiger partial charge in [0.1, 0.15) is 10.4 Å². The number of carbonyl (C=O) groups is 2. The van der Waals surface area contributed by atoms with E-state index in [-0.39, 0.29) is 17.4 Å². The number of esters is 2. The van der Waals surface area contributed by atoms with E-state index in [1.807, 2.05) is 0 Å². The second-order valence-corrected chi connectivity index (χ2v) is 15.3. The Balaban J connectivity index is 1.08. The van der Waals surface area contributed by atoms with Crippen molar-refractivity contribution in [3.05, 3.63) is 71.1 Å². The summed E-state index contributed by atoms with van der Waals surface area (Å²) in [5.41, 5.74) is 2.49. The average molecular weight is 600 g/mol. The Hall–Kier alpha value is -3.94. The van der Waals surface area contributed by atoms with E-state index in [2.05, 4.69) is 65.1 Å². The lowest BCUT2D eigenvalue weighted by molar-refractivity contribution is -0.313. The summed E-state index contributed by atoms with van der Waals surface area (Å²) in [4.78, 5) is 29.0. The summed E-state index contributed by atoms with van der Waals surface area (Å²) < 4.78 is 17.1. The highest BCUT2D eigenvalue weighted by Crippen LogP contribution is 2.61. The highest BCUT2D eigenvalue weighted by Gasteiger charge is 2.64. The fourth-order valence-electron chi connectivity index (χ4n) is 9.54. The third-order valence-electron chi connectivity index (χ3n) is 11.0.